The molecule has 0 spiro atoms. The second-order valence-corrected chi connectivity index (χ2v) is 9.93. The van der Waals surface area contributed by atoms with Gasteiger partial charge in [-0.2, -0.15) is 0 Å². The molecule has 3 aliphatic rings. The second kappa shape index (κ2) is 8.03. The number of anilines is 1. The number of ketones is 3. The van der Waals surface area contributed by atoms with Crippen LogP contribution in [0.1, 0.15) is 34.8 Å². The number of nitrogens with two attached hydrogens (primary N) is 1. The highest BCUT2D eigenvalue weighted by atomic mass is 16.3. The van der Waals surface area contributed by atoms with Gasteiger partial charge in [0, 0.05) is 42.4 Å². The summed E-state index contributed by atoms with van der Waals surface area (Å²) in [6, 6.07) is 2.13. The molecule has 1 fully saturated rings. The van der Waals surface area contributed by atoms with E-state index in [0.717, 1.165) is 5.56 Å². The fraction of sp³-hybridized carbons (Fsp3) is 0.440. The molecule has 0 saturated heterocycles. The lowest BCUT2D eigenvalue weighted by Crippen LogP contribution is -2.65. The number of carbonyl (C=O) groups excluding carboxylic acids is 4. The minimum absolute atomic E-state index is 0.0765. The van der Waals surface area contributed by atoms with Crippen molar-refractivity contribution in [1.82, 2.24) is 4.90 Å². The first-order chi connectivity index (χ1) is 16.2. The van der Waals surface area contributed by atoms with Gasteiger partial charge in [-0.15, -0.1) is 0 Å². The molecule has 2 unspecified atom stereocenters. The number of carbonyl (C=O) groups is 4. The van der Waals surface area contributed by atoms with E-state index in [0.29, 0.717) is 17.7 Å². The first-order valence-corrected chi connectivity index (χ1v) is 11.2. The minimum Gasteiger partial charge on any atom is -0.508 e. The lowest BCUT2D eigenvalue weighted by atomic mass is 9.57. The third-order valence-corrected chi connectivity index (χ3v) is 7.45. The van der Waals surface area contributed by atoms with Crippen LogP contribution in [0, 0.1) is 11.8 Å². The van der Waals surface area contributed by atoms with Gasteiger partial charge in [0.05, 0.1) is 6.04 Å². The van der Waals surface area contributed by atoms with E-state index in [9.17, 15) is 34.5 Å². The van der Waals surface area contributed by atoms with Crippen molar-refractivity contribution < 1.29 is 34.5 Å². The van der Waals surface area contributed by atoms with Gasteiger partial charge in [-0.1, -0.05) is 0 Å². The lowest BCUT2D eigenvalue weighted by Gasteiger charge is -2.50. The van der Waals surface area contributed by atoms with Crippen molar-refractivity contribution >= 4 is 34.7 Å². The highest BCUT2D eigenvalue weighted by Gasteiger charge is 2.64. The fourth-order valence-corrected chi connectivity index (χ4v) is 5.83. The molecule has 1 saturated carbocycles. The van der Waals surface area contributed by atoms with Crippen LogP contribution in [-0.2, 0) is 20.8 Å². The molecule has 186 valence electrons. The molecule has 4 rings (SSSR count). The van der Waals surface area contributed by atoms with Crippen LogP contribution in [0.25, 0.3) is 5.76 Å². The Hall–Kier alpha value is -3.50. The van der Waals surface area contributed by atoms with Crippen LogP contribution >= 0.6 is 0 Å². The molecule has 4 atom stereocenters. The molecule has 10 nitrogen and oxygen atoms in total. The normalized spacial score (nSPS) is 28.0. The second-order valence-electron chi connectivity index (χ2n) is 9.93. The number of primary amides is 1. The number of hydrogen-bond acceptors (Lipinski definition) is 9. The smallest absolute Gasteiger partial charge is 0.255 e. The maximum Gasteiger partial charge on any atom is 0.255 e. The highest BCUT2D eigenvalue weighted by molar-refractivity contribution is 6.24. The van der Waals surface area contributed by atoms with E-state index in [1.807, 2.05) is 4.90 Å². The molecule has 1 aromatic carbocycles. The predicted octanol–water partition coefficient (Wildman–Crippen LogP) is 0.527. The number of aliphatic hydroxyl groups is 3. The molecule has 10 heteroatoms. The molecular weight excluding hydrogens is 454 g/mol. The summed E-state index contributed by atoms with van der Waals surface area (Å²) in [6.45, 7) is 1.39. The van der Waals surface area contributed by atoms with Gasteiger partial charge in [0.2, 0.25) is 5.78 Å². The van der Waals surface area contributed by atoms with Gasteiger partial charge in [-0.3, -0.25) is 24.1 Å². The van der Waals surface area contributed by atoms with Crippen LogP contribution in [0.15, 0.2) is 29.0 Å². The lowest BCUT2D eigenvalue weighted by molar-refractivity contribution is -0.153. The van der Waals surface area contributed by atoms with Gasteiger partial charge in [-0.25, -0.2) is 0 Å². The number of fused-ring (bicyclic) bond motifs is 3. The summed E-state index contributed by atoms with van der Waals surface area (Å²) in [6.07, 6.45) is 0.382. The van der Waals surface area contributed by atoms with Crippen LogP contribution in [0.5, 0.6) is 0 Å². The summed E-state index contributed by atoms with van der Waals surface area (Å²) in [5.41, 5.74) is 3.85. The van der Waals surface area contributed by atoms with Gasteiger partial charge in [0.1, 0.15) is 17.1 Å². The minimum atomic E-state index is -2.62. The zero-order chi connectivity index (χ0) is 26.1. The zero-order valence-electron chi connectivity index (χ0n) is 20.2. The summed E-state index contributed by atoms with van der Waals surface area (Å²) in [5.74, 6) is -6.37. The first-order valence-electron chi connectivity index (χ1n) is 11.2. The zero-order valence-corrected chi connectivity index (χ0v) is 20.2. The van der Waals surface area contributed by atoms with Crippen molar-refractivity contribution in [1.29, 1.82) is 0 Å². The maximum atomic E-state index is 13.8. The van der Waals surface area contributed by atoms with E-state index >= 15 is 0 Å². The van der Waals surface area contributed by atoms with E-state index < -0.39 is 58.0 Å². The standard InChI is InChI=1S/C25H29N3O7/c1-10(29)11-6-14-13(16(9-11)27(2)3)7-12-8-15-19(28(4)5)21(31)18(24(26)34)23(33)25(15,35)22(32)17(12)20(14)30/h6,9,12,15,19,30,33,35H,7-8H2,1-5H3,(H2,26,34)/t12?,15?,19-,25-/m0/s1. The van der Waals surface area contributed by atoms with Crippen molar-refractivity contribution in [2.24, 2.45) is 17.6 Å². The quantitative estimate of drug-likeness (QED) is 0.353. The Morgan fingerprint density at radius 1 is 1.11 bits per heavy atom. The van der Waals surface area contributed by atoms with Crippen molar-refractivity contribution in [3.8, 4) is 0 Å². The average Bonchev–Trinajstić information content (AvgIpc) is 2.75. The molecule has 1 aromatic rings. The molecule has 0 aromatic heterocycles. The third-order valence-electron chi connectivity index (χ3n) is 7.45. The Bertz CT molecular complexity index is 1260. The van der Waals surface area contributed by atoms with Gasteiger partial charge in [0.25, 0.3) is 5.91 Å². The van der Waals surface area contributed by atoms with E-state index in [1.54, 1.807) is 34.3 Å². The Morgan fingerprint density at radius 2 is 1.74 bits per heavy atom. The van der Waals surface area contributed by atoms with Crippen LogP contribution in [-0.4, -0.2) is 83.3 Å². The first kappa shape index (κ1) is 24.6. The molecule has 5 N–H and O–H groups in total. The number of nitrogens with zero attached hydrogens (tertiary/aromatic N) is 2. The highest BCUT2D eigenvalue weighted by Crippen LogP contribution is 2.52. The Morgan fingerprint density at radius 3 is 2.26 bits per heavy atom. The number of amides is 1. The van der Waals surface area contributed by atoms with Gasteiger partial charge >= 0.3 is 0 Å². The maximum absolute atomic E-state index is 13.8. The van der Waals surface area contributed by atoms with Crippen molar-refractivity contribution in [2.45, 2.75) is 31.4 Å². The largest absolute Gasteiger partial charge is 0.508 e. The number of hydrogen-bond donors (Lipinski definition) is 4. The van der Waals surface area contributed by atoms with Crippen LogP contribution in [0.2, 0.25) is 0 Å². The number of rotatable bonds is 4. The Balaban J connectivity index is 1.99. The van der Waals surface area contributed by atoms with Gasteiger partial charge < -0.3 is 26.0 Å². The topological polar surface area (TPSA) is 161 Å². The number of aliphatic hydroxyl groups excluding tert-OH is 2. The van der Waals surface area contributed by atoms with Crippen LogP contribution in [0.4, 0.5) is 5.69 Å². The molecule has 0 heterocycles. The molecule has 0 aliphatic heterocycles. The third kappa shape index (κ3) is 3.31. The van der Waals surface area contributed by atoms with E-state index in [1.165, 1.54) is 17.9 Å². The predicted molar refractivity (Wildman–Crippen MR) is 127 cm³/mol. The van der Waals surface area contributed by atoms with Gasteiger partial charge in [0.15, 0.2) is 17.2 Å². The molecule has 1 amide bonds. The van der Waals surface area contributed by atoms with E-state index in [4.69, 9.17) is 5.73 Å². The van der Waals surface area contributed by atoms with Crippen molar-refractivity contribution in [2.75, 3.05) is 33.1 Å². The summed E-state index contributed by atoms with van der Waals surface area (Å²) in [5, 5.41) is 33.8. The van der Waals surface area contributed by atoms with Gasteiger partial charge in [-0.05, 0) is 57.5 Å². The number of likely N-dealkylation sites (N-methyl/N-ethyl adjacent to an activating group) is 1. The van der Waals surface area contributed by atoms with E-state index in [-0.39, 0.29) is 23.3 Å². The summed E-state index contributed by atoms with van der Waals surface area (Å²) in [4.78, 5) is 54.4. The average molecular weight is 484 g/mol. The number of Topliss-reactive ketones (excluding diaryl/α,β-unsaturated/α-hetero) is 3. The fourth-order valence-electron chi connectivity index (χ4n) is 5.83. The van der Waals surface area contributed by atoms with Crippen LogP contribution in [0.3, 0.4) is 0 Å². The molecular formula is C25H29N3O7. The summed E-state index contributed by atoms with van der Waals surface area (Å²) in [7, 11) is 6.75. The SMILES string of the molecule is CC(=O)c1cc2c(c(N(C)C)c1)CC1CC3[C@H](N(C)C)C(=O)C(C(N)=O)=C(O)[C@@]3(O)C(=O)C1=C2O. The van der Waals surface area contributed by atoms with Crippen molar-refractivity contribution in [3.05, 3.63) is 45.7 Å². The molecule has 3 aliphatic carbocycles. The van der Waals surface area contributed by atoms with E-state index in [2.05, 4.69) is 0 Å². The number of benzene rings is 1. The molecule has 35 heavy (non-hydrogen) atoms. The molecule has 0 bridgehead atoms. The Labute approximate surface area is 202 Å². The molecule has 0 radical (unpaired) electrons. The monoisotopic (exact) mass is 483 g/mol. The summed E-state index contributed by atoms with van der Waals surface area (Å²) >= 11 is 0. The Kier molecular flexibility index (Phi) is 5.65. The van der Waals surface area contributed by atoms with Crippen molar-refractivity contribution in [3.63, 3.8) is 0 Å². The van der Waals surface area contributed by atoms with Crippen LogP contribution < -0.4 is 10.6 Å². The summed E-state index contributed by atoms with van der Waals surface area (Å²) < 4.78 is 0.